The fraction of sp³-hybridized carbons (Fsp3) is 0.471. The van der Waals surface area contributed by atoms with E-state index in [0.717, 1.165) is 5.75 Å². The van der Waals surface area contributed by atoms with E-state index in [0.29, 0.717) is 12.0 Å². The van der Waals surface area contributed by atoms with E-state index >= 15 is 0 Å². The normalized spacial score (nSPS) is 13.7. The van der Waals surface area contributed by atoms with Crippen LogP contribution < -0.4 is 0 Å². The van der Waals surface area contributed by atoms with Gasteiger partial charge in [-0.2, -0.15) is 27.5 Å². The number of thioether (sulfide) groups is 1. The van der Waals surface area contributed by atoms with Crippen molar-refractivity contribution in [3.63, 3.8) is 0 Å². The molecule has 1 rings (SSSR count). The van der Waals surface area contributed by atoms with E-state index in [9.17, 15) is 5.11 Å². The van der Waals surface area contributed by atoms with Gasteiger partial charge in [0.15, 0.2) is 11.7 Å². The van der Waals surface area contributed by atoms with Crippen LogP contribution in [0.5, 0.6) is 0 Å². The summed E-state index contributed by atoms with van der Waals surface area (Å²) in [5.41, 5.74) is -0.733. The molecule has 0 aromatic heterocycles. The van der Waals surface area contributed by atoms with Gasteiger partial charge in [-0.3, -0.25) is 0 Å². The number of hydrogen-bond donors (Lipinski definition) is 3. The molecule has 0 spiro atoms. The molecule has 3 N–H and O–H groups in total. The molecular formula is C17H22ClN3O3S. The molecule has 0 radical (unpaired) electrons. The molecule has 0 fully saturated rings. The summed E-state index contributed by atoms with van der Waals surface area (Å²) in [5.74, 6) is 0.852. The van der Waals surface area contributed by atoms with Crippen molar-refractivity contribution in [3.8, 4) is 18.2 Å². The lowest BCUT2D eigenvalue weighted by Crippen LogP contribution is -2.17. The fourth-order valence-corrected chi connectivity index (χ4v) is 1.68. The average molecular weight is 384 g/mol. The van der Waals surface area contributed by atoms with Gasteiger partial charge < -0.3 is 15.3 Å². The first-order valence-electron chi connectivity index (χ1n) is 7.18. The number of alkyl halides is 1. The Hall–Kier alpha value is -1.79. The minimum atomic E-state index is -1.36. The molecule has 6 nitrogen and oxygen atoms in total. The molecule has 0 saturated heterocycles. The number of nitrogens with zero attached hydrogens (tertiary/aromatic N) is 3. The average Bonchev–Trinajstić information content (AvgIpc) is 2.66. The second-order valence-electron chi connectivity index (χ2n) is 4.78. The Labute approximate surface area is 157 Å². The van der Waals surface area contributed by atoms with E-state index in [4.69, 9.17) is 37.6 Å². The molecule has 0 aliphatic heterocycles. The maximum absolute atomic E-state index is 9.43. The first kappa shape index (κ1) is 25.5. The highest BCUT2D eigenvalue weighted by Crippen LogP contribution is 2.17. The molecule has 0 heterocycles. The molecule has 8 heteroatoms. The highest BCUT2D eigenvalue weighted by atomic mass is 35.5. The molecule has 0 aliphatic rings. The number of aliphatic hydroxyl groups excluding tert-OH is 2. The van der Waals surface area contributed by atoms with Gasteiger partial charge in [-0.1, -0.05) is 30.3 Å². The Morgan fingerprint density at radius 1 is 1.12 bits per heavy atom. The van der Waals surface area contributed by atoms with Crippen LogP contribution in [0.2, 0.25) is 0 Å². The van der Waals surface area contributed by atoms with Crippen molar-refractivity contribution in [2.24, 2.45) is 0 Å². The van der Waals surface area contributed by atoms with Gasteiger partial charge in [0.25, 0.3) is 0 Å². The second-order valence-corrected chi connectivity index (χ2v) is 6.07. The summed E-state index contributed by atoms with van der Waals surface area (Å²) >= 11 is 6.61. The van der Waals surface area contributed by atoms with Crippen LogP contribution in [0.15, 0.2) is 30.3 Å². The zero-order valence-electron chi connectivity index (χ0n) is 14.1. The Kier molecular flexibility index (Phi) is 16.0. The maximum Gasteiger partial charge on any atom is 0.173 e. The van der Waals surface area contributed by atoms with Crippen molar-refractivity contribution >= 4 is 23.4 Å². The zero-order valence-corrected chi connectivity index (χ0v) is 15.7. The van der Waals surface area contributed by atoms with Crippen LogP contribution in [0.25, 0.3) is 0 Å². The number of aliphatic hydroxyl groups is 3. The van der Waals surface area contributed by atoms with Gasteiger partial charge in [-0.15, -0.1) is 11.6 Å². The van der Waals surface area contributed by atoms with Crippen molar-refractivity contribution in [1.82, 2.24) is 0 Å². The molecule has 0 saturated carbocycles. The Morgan fingerprint density at radius 3 is 1.96 bits per heavy atom. The summed E-state index contributed by atoms with van der Waals surface area (Å²) in [6.45, 7) is 1.47. The molecular weight excluding hydrogens is 362 g/mol. The molecule has 3 atom stereocenters. The topological polar surface area (TPSA) is 132 Å². The maximum atomic E-state index is 9.43. The monoisotopic (exact) mass is 383 g/mol. The summed E-state index contributed by atoms with van der Waals surface area (Å²) in [6, 6.07) is 14.0. The molecule has 3 unspecified atom stereocenters. The molecule has 1 aromatic rings. The van der Waals surface area contributed by atoms with E-state index in [-0.39, 0.29) is 5.88 Å². The third kappa shape index (κ3) is 14.3. The Bertz CT molecular complexity index is 580. The van der Waals surface area contributed by atoms with E-state index < -0.39 is 17.8 Å². The minimum Gasteiger partial charge on any atom is -0.378 e. The van der Waals surface area contributed by atoms with Gasteiger partial charge in [0.05, 0.1) is 18.0 Å². The van der Waals surface area contributed by atoms with Crippen molar-refractivity contribution in [2.75, 3.05) is 17.9 Å². The quantitative estimate of drug-likeness (QED) is 0.524. The largest absolute Gasteiger partial charge is 0.378 e. The summed E-state index contributed by atoms with van der Waals surface area (Å²) in [6.07, 6.45) is 0.774. The lowest BCUT2D eigenvalue weighted by molar-refractivity contribution is 0.119. The first-order valence-corrected chi connectivity index (χ1v) is 9.11. The molecule has 0 bridgehead atoms. The first-order chi connectivity index (χ1) is 11.8. The lowest BCUT2D eigenvalue weighted by Gasteiger charge is -2.13. The van der Waals surface area contributed by atoms with Crippen LogP contribution in [0.3, 0.4) is 0 Å². The summed E-state index contributed by atoms with van der Waals surface area (Å²) in [7, 11) is 0. The van der Waals surface area contributed by atoms with Gasteiger partial charge >= 0.3 is 0 Å². The highest BCUT2D eigenvalue weighted by molar-refractivity contribution is 7.98. The zero-order chi connectivity index (χ0) is 19.7. The predicted molar refractivity (Wildman–Crippen MR) is 98.6 cm³/mol. The van der Waals surface area contributed by atoms with Gasteiger partial charge in [-0.25, -0.2) is 0 Å². The highest BCUT2D eigenvalue weighted by Gasteiger charge is 2.20. The predicted octanol–water partition coefficient (Wildman–Crippen LogP) is 2.15. The number of nitriles is 3. The summed E-state index contributed by atoms with van der Waals surface area (Å²) in [5, 5.41) is 50.6. The van der Waals surface area contributed by atoms with Crippen LogP contribution >= 0.6 is 23.4 Å². The Balaban J connectivity index is 0. The van der Waals surface area contributed by atoms with Crippen LogP contribution in [-0.2, 0) is 5.60 Å². The fourth-order valence-electron chi connectivity index (χ4n) is 1.16. The van der Waals surface area contributed by atoms with Gasteiger partial charge in [-0.05, 0) is 30.9 Å². The van der Waals surface area contributed by atoms with Crippen molar-refractivity contribution in [3.05, 3.63) is 35.9 Å². The van der Waals surface area contributed by atoms with Crippen LogP contribution in [0.1, 0.15) is 18.9 Å². The third-order valence-electron chi connectivity index (χ3n) is 2.59. The van der Waals surface area contributed by atoms with Crippen LogP contribution in [-0.4, -0.2) is 45.4 Å². The van der Waals surface area contributed by atoms with E-state index in [1.165, 1.54) is 13.0 Å². The summed E-state index contributed by atoms with van der Waals surface area (Å²) < 4.78 is 0. The SMILES string of the molecule is CC(O)(C#N)c1ccccc1.CSCCC(O)C#N.N#CC(O)CCl. The molecule has 1 aromatic carbocycles. The Morgan fingerprint density at radius 2 is 1.64 bits per heavy atom. The van der Waals surface area contributed by atoms with E-state index in [1.54, 1.807) is 42.1 Å². The van der Waals surface area contributed by atoms with Crippen molar-refractivity contribution in [1.29, 1.82) is 15.8 Å². The third-order valence-corrected chi connectivity index (χ3v) is 3.53. The van der Waals surface area contributed by atoms with Crippen LogP contribution in [0, 0.1) is 34.0 Å². The lowest BCUT2D eigenvalue weighted by atomic mass is 9.98. The minimum absolute atomic E-state index is 0.00347. The van der Waals surface area contributed by atoms with Gasteiger partial charge in [0.2, 0.25) is 0 Å². The van der Waals surface area contributed by atoms with Crippen molar-refractivity contribution in [2.45, 2.75) is 31.2 Å². The number of benzene rings is 1. The summed E-state index contributed by atoms with van der Waals surface area (Å²) in [4.78, 5) is 0. The standard InChI is InChI=1S/C9H9NO.C5H9NOS.C3H4ClNO/c1-9(11,7-10)8-5-3-2-4-6-8;1-8-3-2-5(7)4-6;4-1-3(6)2-5/h2-6,11H,1H3;5,7H,2-3H2,1H3;3,6H,1H2. The van der Waals surface area contributed by atoms with E-state index in [1.807, 2.05) is 18.4 Å². The van der Waals surface area contributed by atoms with Gasteiger partial charge in [0.1, 0.15) is 12.2 Å². The number of halogens is 1. The number of rotatable bonds is 5. The van der Waals surface area contributed by atoms with Gasteiger partial charge in [0, 0.05) is 0 Å². The van der Waals surface area contributed by atoms with E-state index in [2.05, 4.69) is 0 Å². The molecule has 25 heavy (non-hydrogen) atoms. The van der Waals surface area contributed by atoms with Crippen LogP contribution in [0.4, 0.5) is 0 Å². The molecule has 0 amide bonds. The van der Waals surface area contributed by atoms with Crippen molar-refractivity contribution < 1.29 is 15.3 Å². The smallest absolute Gasteiger partial charge is 0.173 e. The number of hydrogen-bond acceptors (Lipinski definition) is 7. The molecule has 136 valence electrons. The molecule has 0 aliphatic carbocycles. The second kappa shape index (κ2) is 15.7.